The molecule has 0 heterocycles. The standard InChI is InChI=1S/C24H46O4/c1-5-7-13-21(3)15-11-19-27-23(25)17-9-10-18-24(26)28-20-12-16-22(4)14-8-6-2/h21-22H,5-20H2,1-4H3. The van der Waals surface area contributed by atoms with E-state index >= 15 is 0 Å². The van der Waals surface area contributed by atoms with Crippen molar-refractivity contribution < 1.29 is 19.1 Å². The van der Waals surface area contributed by atoms with E-state index in [1.165, 1.54) is 38.5 Å². The number of esters is 2. The normalized spacial score (nSPS) is 13.1. The third-order valence-corrected chi connectivity index (χ3v) is 5.32. The first-order chi connectivity index (χ1) is 13.5. The van der Waals surface area contributed by atoms with Gasteiger partial charge in [-0.1, -0.05) is 66.2 Å². The van der Waals surface area contributed by atoms with E-state index < -0.39 is 0 Å². The maximum atomic E-state index is 11.7. The van der Waals surface area contributed by atoms with Gasteiger partial charge in [0.25, 0.3) is 0 Å². The number of carbonyl (C=O) groups is 2. The van der Waals surface area contributed by atoms with Crippen molar-refractivity contribution in [2.75, 3.05) is 13.2 Å². The summed E-state index contributed by atoms with van der Waals surface area (Å²) in [6.45, 7) is 10.0. The Kier molecular flexibility index (Phi) is 18.5. The number of unbranched alkanes of at least 4 members (excludes halogenated alkanes) is 3. The zero-order valence-corrected chi connectivity index (χ0v) is 19.1. The first-order valence-corrected chi connectivity index (χ1v) is 11.8. The first kappa shape index (κ1) is 26.9. The second kappa shape index (κ2) is 19.3. The Hall–Kier alpha value is -1.06. The molecule has 0 aromatic carbocycles. The van der Waals surface area contributed by atoms with Crippen LogP contribution in [-0.4, -0.2) is 25.2 Å². The molecule has 166 valence electrons. The molecule has 0 fully saturated rings. The van der Waals surface area contributed by atoms with Gasteiger partial charge in [-0.05, 0) is 50.4 Å². The lowest BCUT2D eigenvalue weighted by Gasteiger charge is -2.11. The molecule has 4 nitrogen and oxygen atoms in total. The predicted molar refractivity (Wildman–Crippen MR) is 116 cm³/mol. The quantitative estimate of drug-likeness (QED) is 0.176. The van der Waals surface area contributed by atoms with Crippen molar-refractivity contribution in [3.8, 4) is 0 Å². The first-order valence-electron chi connectivity index (χ1n) is 11.8. The Morgan fingerprint density at radius 1 is 0.607 bits per heavy atom. The molecule has 0 aromatic heterocycles. The molecule has 0 aliphatic rings. The molecule has 4 heteroatoms. The molecular weight excluding hydrogens is 352 g/mol. The van der Waals surface area contributed by atoms with Crippen molar-refractivity contribution in [1.82, 2.24) is 0 Å². The summed E-state index contributed by atoms with van der Waals surface area (Å²) >= 11 is 0. The lowest BCUT2D eigenvalue weighted by molar-refractivity contribution is -0.146. The average Bonchev–Trinajstić information content (AvgIpc) is 2.68. The fourth-order valence-electron chi connectivity index (χ4n) is 3.31. The maximum Gasteiger partial charge on any atom is 0.305 e. The molecule has 2 atom stereocenters. The molecule has 2 unspecified atom stereocenters. The fourth-order valence-corrected chi connectivity index (χ4v) is 3.31. The summed E-state index contributed by atoms with van der Waals surface area (Å²) in [5.41, 5.74) is 0. The Morgan fingerprint density at radius 2 is 0.964 bits per heavy atom. The summed E-state index contributed by atoms with van der Waals surface area (Å²) in [4.78, 5) is 23.4. The van der Waals surface area contributed by atoms with Crippen molar-refractivity contribution in [2.45, 2.75) is 118 Å². The molecule has 0 aliphatic heterocycles. The lowest BCUT2D eigenvalue weighted by Crippen LogP contribution is -2.09. The van der Waals surface area contributed by atoms with Crippen LogP contribution in [0, 0.1) is 11.8 Å². The summed E-state index contributed by atoms with van der Waals surface area (Å²) in [6.07, 6.45) is 13.9. The van der Waals surface area contributed by atoms with E-state index in [9.17, 15) is 9.59 Å². The zero-order chi connectivity index (χ0) is 21.0. The van der Waals surface area contributed by atoms with E-state index in [4.69, 9.17) is 9.47 Å². The summed E-state index contributed by atoms with van der Waals surface area (Å²) in [5.74, 6) is 1.14. The number of hydrogen-bond donors (Lipinski definition) is 0. The van der Waals surface area contributed by atoms with Gasteiger partial charge in [0.1, 0.15) is 0 Å². The molecule has 28 heavy (non-hydrogen) atoms. The van der Waals surface area contributed by atoms with Gasteiger partial charge in [-0.25, -0.2) is 0 Å². The average molecular weight is 399 g/mol. The van der Waals surface area contributed by atoms with Crippen LogP contribution in [-0.2, 0) is 19.1 Å². The molecule has 0 spiro atoms. The monoisotopic (exact) mass is 398 g/mol. The third-order valence-electron chi connectivity index (χ3n) is 5.32. The Labute approximate surface area is 174 Å². The van der Waals surface area contributed by atoms with Crippen LogP contribution < -0.4 is 0 Å². The van der Waals surface area contributed by atoms with Gasteiger partial charge in [-0.3, -0.25) is 9.59 Å². The summed E-state index contributed by atoms with van der Waals surface area (Å²) in [5, 5.41) is 0. The third kappa shape index (κ3) is 18.3. The van der Waals surface area contributed by atoms with Crippen LogP contribution in [0.25, 0.3) is 0 Å². The van der Waals surface area contributed by atoms with Crippen LogP contribution in [0.15, 0.2) is 0 Å². The Morgan fingerprint density at radius 3 is 1.32 bits per heavy atom. The minimum absolute atomic E-state index is 0.143. The van der Waals surface area contributed by atoms with Gasteiger partial charge < -0.3 is 9.47 Å². The largest absolute Gasteiger partial charge is 0.466 e. The van der Waals surface area contributed by atoms with E-state index in [1.807, 2.05) is 0 Å². The zero-order valence-electron chi connectivity index (χ0n) is 19.1. The SMILES string of the molecule is CCCCC(C)CCCOC(=O)CCCCC(=O)OCCCC(C)CCCC. The number of rotatable bonds is 19. The van der Waals surface area contributed by atoms with Gasteiger partial charge >= 0.3 is 11.9 Å². The molecule has 0 saturated heterocycles. The van der Waals surface area contributed by atoms with Gasteiger partial charge in [0, 0.05) is 12.8 Å². The van der Waals surface area contributed by atoms with Crippen LogP contribution in [0.4, 0.5) is 0 Å². The summed E-state index contributed by atoms with van der Waals surface area (Å²) in [7, 11) is 0. The molecule has 0 N–H and O–H groups in total. The van der Waals surface area contributed by atoms with Crippen LogP contribution in [0.1, 0.15) is 118 Å². The molecule has 0 saturated carbocycles. The van der Waals surface area contributed by atoms with Gasteiger partial charge in [0.15, 0.2) is 0 Å². The highest BCUT2D eigenvalue weighted by Gasteiger charge is 2.08. The van der Waals surface area contributed by atoms with Crippen molar-refractivity contribution in [3.63, 3.8) is 0 Å². The molecule has 0 radical (unpaired) electrons. The molecule has 0 bridgehead atoms. The van der Waals surface area contributed by atoms with Crippen molar-refractivity contribution in [2.24, 2.45) is 11.8 Å². The fraction of sp³-hybridized carbons (Fsp3) is 0.917. The highest BCUT2D eigenvalue weighted by atomic mass is 16.5. The molecule has 0 amide bonds. The number of ether oxygens (including phenoxy) is 2. The van der Waals surface area contributed by atoms with Gasteiger partial charge in [0.2, 0.25) is 0 Å². The van der Waals surface area contributed by atoms with Crippen LogP contribution in [0.3, 0.4) is 0 Å². The second-order valence-corrected chi connectivity index (χ2v) is 8.43. The van der Waals surface area contributed by atoms with E-state index in [-0.39, 0.29) is 11.9 Å². The topological polar surface area (TPSA) is 52.6 Å². The summed E-state index contributed by atoms with van der Waals surface area (Å²) in [6, 6.07) is 0. The number of carbonyl (C=O) groups excluding carboxylic acids is 2. The second-order valence-electron chi connectivity index (χ2n) is 8.43. The molecule has 0 aromatic rings. The minimum Gasteiger partial charge on any atom is -0.466 e. The van der Waals surface area contributed by atoms with Crippen LogP contribution in [0.2, 0.25) is 0 Å². The Bertz CT molecular complexity index is 345. The highest BCUT2D eigenvalue weighted by molar-refractivity contribution is 5.70. The molecule has 0 aliphatic carbocycles. The predicted octanol–water partition coefficient (Wildman–Crippen LogP) is 6.85. The Balaban J connectivity index is 3.48. The number of hydrogen-bond acceptors (Lipinski definition) is 4. The lowest BCUT2D eigenvalue weighted by atomic mass is 9.99. The van der Waals surface area contributed by atoms with Crippen molar-refractivity contribution in [1.29, 1.82) is 0 Å². The van der Waals surface area contributed by atoms with Gasteiger partial charge in [-0.15, -0.1) is 0 Å². The van der Waals surface area contributed by atoms with E-state index in [0.29, 0.717) is 50.7 Å². The summed E-state index contributed by atoms with van der Waals surface area (Å²) < 4.78 is 10.6. The van der Waals surface area contributed by atoms with Gasteiger partial charge in [-0.2, -0.15) is 0 Å². The van der Waals surface area contributed by atoms with Crippen molar-refractivity contribution in [3.05, 3.63) is 0 Å². The molecular formula is C24H46O4. The molecule has 0 rings (SSSR count). The van der Waals surface area contributed by atoms with Crippen LogP contribution in [0.5, 0.6) is 0 Å². The van der Waals surface area contributed by atoms with Crippen LogP contribution >= 0.6 is 0 Å². The van der Waals surface area contributed by atoms with E-state index in [0.717, 1.165) is 25.7 Å². The van der Waals surface area contributed by atoms with E-state index in [2.05, 4.69) is 27.7 Å². The smallest absolute Gasteiger partial charge is 0.305 e. The minimum atomic E-state index is -0.143. The highest BCUT2D eigenvalue weighted by Crippen LogP contribution is 2.15. The maximum absolute atomic E-state index is 11.7. The van der Waals surface area contributed by atoms with E-state index in [1.54, 1.807) is 0 Å². The van der Waals surface area contributed by atoms with Crippen molar-refractivity contribution >= 4 is 11.9 Å². The van der Waals surface area contributed by atoms with Gasteiger partial charge in [0.05, 0.1) is 13.2 Å².